The summed E-state index contributed by atoms with van der Waals surface area (Å²) in [6, 6.07) is 4.72. The third-order valence-corrected chi connectivity index (χ3v) is 9.13. The summed E-state index contributed by atoms with van der Waals surface area (Å²) in [6.07, 6.45) is -1.03. The number of amides is 2. The first-order valence-electron chi connectivity index (χ1n) is 14.8. The summed E-state index contributed by atoms with van der Waals surface area (Å²) in [4.78, 5) is 49.5. The first kappa shape index (κ1) is 31.1. The molecular formula is C31H41F2N5O5. The molecular weight excluding hydrogens is 560 g/mol. The third kappa shape index (κ3) is 6.32. The van der Waals surface area contributed by atoms with Gasteiger partial charge in [0.2, 0.25) is 5.91 Å². The minimum atomic E-state index is -0.976. The van der Waals surface area contributed by atoms with E-state index in [1.54, 1.807) is 11.0 Å². The van der Waals surface area contributed by atoms with Crippen LogP contribution in [-0.2, 0) is 21.4 Å². The fourth-order valence-corrected chi connectivity index (χ4v) is 6.71. The molecule has 0 spiro atoms. The average molecular weight is 602 g/mol. The topological polar surface area (TPSA) is 109 Å². The molecule has 1 aromatic heterocycles. The Morgan fingerprint density at radius 3 is 2.40 bits per heavy atom. The molecule has 1 aromatic carbocycles. The summed E-state index contributed by atoms with van der Waals surface area (Å²) < 4.78 is 33.6. The van der Waals surface area contributed by atoms with E-state index >= 15 is 0 Å². The van der Waals surface area contributed by atoms with Gasteiger partial charge in [-0.25, -0.2) is 13.6 Å². The predicted molar refractivity (Wildman–Crippen MR) is 158 cm³/mol. The van der Waals surface area contributed by atoms with Gasteiger partial charge >= 0.3 is 6.09 Å². The van der Waals surface area contributed by atoms with Crippen LogP contribution in [0.15, 0.2) is 29.1 Å². The molecule has 2 fully saturated rings. The van der Waals surface area contributed by atoms with Crippen molar-refractivity contribution in [2.75, 3.05) is 50.8 Å². The minimum absolute atomic E-state index is 0.0517. The number of carboxylic acid groups (broad SMARTS) is 1. The van der Waals surface area contributed by atoms with Gasteiger partial charge in [0.25, 0.3) is 5.56 Å². The Labute approximate surface area is 250 Å². The lowest BCUT2D eigenvalue weighted by Crippen LogP contribution is -2.64. The molecule has 5 rings (SSSR count). The van der Waals surface area contributed by atoms with E-state index in [4.69, 9.17) is 4.74 Å². The number of H-pyrrole nitrogens is 1. The Morgan fingerprint density at radius 1 is 1.05 bits per heavy atom. The van der Waals surface area contributed by atoms with Crippen LogP contribution in [0.2, 0.25) is 0 Å². The van der Waals surface area contributed by atoms with E-state index in [-0.39, 0.29) is 66.3 Å². The molecule has 43 heavy (non-hydrogen) atoms. The molecule has 12 heteroatoms. The van der Waals surface area contributed by atoms with Crippen LogP contribution in [-0.4, -0.2) is 107 Å². The van der Waals surface area contributed by atoms with Crippen molar-refractivity contribution in [2.45, 2.75) is 70.6 Å². The number of ether oxygens (including phenoxy) is 1. The highest BCUT2D eigenvalue weighted by atomic mass is 19.1. The summed E-state index contributed by atoms with van der Waals surface area (Å²) in [5, 5.41) is 9.86. The first-order valence-corrected chi connectivity index (χ1v) is 14.8. The Bertz CT molecular complexity index is 1440. The number of aromatic amines is 1. The van der Waals surface area contributed by atoms with Crippen LogP contribution in [0.5, 0.6) is 0 Å². The maximum absolute atomic E-state index is 14.4. The zero-order valence-corrected chi connectivity index (χ0v) is 25.4. The van der Waals surface area contributed by atoms with Crippen LogP contribution in [0.4, 0.5) is 19.3 Å². The number of pyridine rings is 1. The average Bonchev–Trinajstić information content (AvgIpc) is 3.18. The van der Waals surface area contributed by atoms with Gasteiger partial charge in [0.05, 0.1) is 25.4 Å². The molecule has 0 saturated carbocycles. The Kier molecular flexibility index (Phi) is 8.65. The lowest BCUT2D eigenvalue weighted by molar-refractivity contribution is -0.122. The van der Waals surface area contributed by atoms with Crippen molar-refractivity contribution in [1.82, 2.24) is 19.7 Å². The number of anilines is 1. The second kappa shape index (κ2) is 12.0. The van der Waals surface area contributed by atoms with Crippen molar-refractivity contribution in [3.8, 4) is 0 Å². The molecule has 234 valence electrons. The number of piperazine rings is 1. The van der Waals surface area contributed by atoms with E-state index in [0.29, 0.717) is 44.2 Å². The maximum Gasteiger partial charge on any atom is 0.407 e. The predicted octanol–water partition coefficient (Wildman–Crippen LogP) is 3.03. The third-order valence-electron chi connectivity index (χ3n) is 9.13. The van der Waals surface area contributed by atoms with Crippen molar-refractivity contribution in [2.24, 2.45) is 0 Å². The number of benzene rings is 1. The van der Waals surface area contributed by atoms with E-state index in [1.807, 2.05) is 20.8 Å². The summed E-state index contributed by atoms with van der Waals surface area (Å²) in [6.45, 7) is 12.8. The zero-order valence-electron chi connectivity index (χ0n) is 25.4. The Hall–Kier alpha value is -3.35. The molecule has 3 aliphatic heterocycles. The highest BCUT2D eigenvalue weighted by molar-refractivity contribution is 5.97. The molecule has 2 saturated heterocycles. The molecule has 3 aliphatic rings. The number of fused-ring (bicyclic) bond motifs is 1. The van der Waals surface area contributed by atoms with Crippen molar-refractivity contribution >= 4 is 17.7 Å². The Morgan fingerprint density at radius 2 is 1.74 bits per heavy atom. The van der Waals surface area contributed by atoms with Crippen LogP contribution in [0.3, 0.4) is 0 Å². The zero-order chi connectivity index (χ0) is 31.2. The van der Waals surface area contributed by atoms with E-state index in [0.717, 1.165) is 12.1 Å². The molecule has 2 N–H and O–H groups in total. The summed E-state index contributed by atoms with van der Waals surface area (Å²) in [5.74, 6) is -1.60. The van der Waals surface area contributed by atoms with Gasteiger partial charge in [0, 0.05) is 79.5 Å². The van der Waals surface area contributed by atoms with Crippen molar-refractivity contribution < 1.29 is 28.2 Å². The van der Waals surface area contributed by atoms with Gasteiger partial charge in [-0.05, 0) is 38.5 Å². The highest BCUT2D eigenvalue weighted by Gasteiger charge is 2.42. The maximum atomic E-state index is 14.4. The first-order chi connectivity index (χ1) is 20.2. The van der Waals surface area contributed by atoms with Crippen molar-refractivity contribution in [3.05, 3.63) is 63.1 Å². The van der Waals surface area contributed by atoms with Crippen LogP contribution >= 0.6 is 0 Å². The van der Waals surface area contributed by atoms with Gasteiger partial charge in [-0.1, -0.05) is 19.9 Å². The molecule has 4 atom stereocenters. The molecule has 0 aliphatic carbocycles. The van der Waals surface area contributed by atoms with Crippen LogP contribution < -0.4 is 10.5 Å². The number of nitrogens with one attached hydrogen (secondary N) is 1. The van der Waals surface area contributed by atoms with Gasteiger partial charge < -0.3 is 24.6 Å². The fourth-order valence-electron chi connectivity index (χ4n) is 6.71. The largest absolute Gasteiger partial charge is 0.465 e. The number of carbonyl (C=O) groups is 2. The molecule has 2 aromatic rings. The fraction of sp³-hybridized carbons (Fsp3) is 0.581. The van der Waals surface area contributed by atoms with Crippen LogP contribution in [0.1, 0.15) is 51.4 Å². The standard InChI is InChI=1S/C31H41F2N5O5/c1-18-11-35(24(13-37(18)30(41)42)12-36-19(2)15-43-16-20(36)3)14-27(39)38-17-31(4,5)28-26(38)9-22(29(40)34-28)8-21-6-7-23(32)10-25(21)33/h6-7,9-10,18-20,24H,8,11-17H2,1-5H3,(H,34,40)(H,41,42)/t18-,19-,20-,24+/m1/s1. The summed E-state index contributed by atoms with van der Waals surface area (Å²) in [5.41, 5.74) is 0.745. The van der Waals surface area contributed by atoms with E-state index in [1.165, 1.54) is 11.0 Å². The summed E-state index contributed by atoms with van der Waals surface area (Å²) >= 11 is 0. The van der Waals surface area contributed by atoms with E-state index in [2.05, 4.69) is 28.6 Å². The number of nitrogens with zero attached hydrogens (tertiary/aromatic N) is 4. The molecule has 10 nitrogen and oxygen atoms in total. The second-order valence-electron chi connectivity index (χ2n) is 13.0. The van der Waals surface area contributed by atoms with Gasteiger partial charge in [-0.2, -0.15) is 0 Å². The second-order valence-corrected chi connectivity index (χ2v) is 13.0. The smallest absolute Gasteiger partial charge is 0.407 e. The molecule has 0 bridgehead atoms. The number of aromatic nitrogens is 1. The van der Waals surface area contributed by atoms with Gasteiger partial charge in [0.1, 0.15) is 11.6 Å². The SMILES string of the molecule is C[C@@H]1CN(CC(=O)N2CC(C)(C)c3[nH]c(=O)c(Cc4ccc(F)cc4F)cc32)[C@@H](CN2[C@H](C)COC[C@H]2C)CN1C(=O)O. The van der Waals surface area contributed by atoms with E-state index in [9.17, 15) is 28.3 Å². The quantitative estimate of drug-likeness (QED) is 0.524. The van der Waals surface area contributed by atoms with Gasteiger partial charge in [-0.15, -0.1) is 0 Å². The number of rotatable bonds is 6. The normalized spacial score (nSPS) is 26.0. The number of morpholine rings is 1. The van der Waals surface area contributed by atoms with Crippen LogP contribution in [0, 0.1) is 11.6 Å². The highest BCUT2D eigenvalue weighted by Crippen LogP contribution is 2.39. The lowest BCUT2D eigenvalue weighted by Gasteiger charge is -2.48. The number of carbonyl (C=O) groups excluding carboxylic acids is 1. The Balaban J connectivity index is 1.41. The van der Waals surface area contributed by atoms with Gasteiger partial charge in [-0.3, -0.25) is 19.4 Å². The molecule has 4 heterocycles. The van der Waals surface area contributed by atoms with Crippen LogP contribution in [0.25, 0.3) is 0 Å². The molecule has 2 amide bonds. The van der Waals surface area contributed by atoms with Gasteiger partial charge in [0.15, 0.2) is 0 Å². The number of halogens is 2. The van der Waals surface area contributed by atoms with E-state index < -0.39 is 23.1 Å². The van der Waals surface area contributed by atoms with Crippen molar-refractivity contribution in [1.29, 1.82) is 0 Å². The lowest BCUT2D eigenvalue weighted by atomic mass is 9.91. The molecule has 0 unspecified atom stereocenters. The monoisotopic (exact) mass is 601 g/mol. The number of hydrogen-bond acceptors (Lipinski definition) is 6. The molecule has 0 radical (unpaired) electrons. The number of hydrogen-bond donors (Lipinski definition) is 2. The minimum Gasteiger partial charge on any atom is -0.465 e. The van der Waals surface area contributed by atoms with Crippen molar-refractivity contribution in [3.63, 3.8) is 0 Å². The summed E-state index contributed by atoms with van der Waals surface area (Å²) in [7, 11) is 0.